The largest absolute Gasteiger partial charge is 0.330 e. The summed E-state index contributed by atoms with van der Waals surface area (Å²) in [4.78, 5) is 0. The topological polar surface area (TPSA) is 38.0 Å². The maximum Gasteiger partial charge on any atom is 0.00725 e. The summed E-state index contributed by atoms with van der Waals surface area (Å²) in [5, 5.41) is 4.16. The Morgan fingerprint density at radius 2 is 1.16 bits per heavy atom. The van der Waals surface area contributed by atoms with E-state index in [1.807, 2.05) is 0 Å². The van der Waals surface area contributed by atoms with E-state index in [1.165, 1.54) is 57.9 Å². The molecule has 3 N–H and O–H groups in total. The maximum absolute atomic E-state index is 5.78. The van der Waals surface area contributed by atoms with Crippen molar-refractivity contribution in [1.82, 2.24) is 5.32 Å². The molecule has 6 atom stereocenters. The fraction of sp³-hybridized carbons (Fsp3) is 1.00. The number of halogens is 2. The van der Waals surface area contributed by atoms with E-state index in [2.05, 4.69) is 5.32 Å². The maximum atomic E-state index is 5.78. The third-order valence-corrected chi connectivity index (χ3v) is 10.5. The van der Waals surface area contributed by atoms with Crippen molar-refractivity contribution >= 4 is 24.8 Å². The fourth-order valence-corrected chi connectivity index (χ4v) is 8.86. The number of rotatable bonds is 10. The lowest BCUT2D eigenvalue weighted by molar-refractivity contribution is 0.216. The zero-order chi connectivity index (χ0) is 19.6. The molecule has 0 saturated heterocycles. The lowest BCUT2D eigenvalue weighted by Gasteiger charge is -2.33. The third-order valence-electron chi connectivity index (χ3n) is 10.5. The predicted molar refractivity (Wildman–Crippen MR) is 137 cm³/mol. The molecule has 182 valence electrons. The average Bonchev–Trinajstić information content (AvgIpc) is 3.51. The summed E-state index contributed by atoms with van der Waals surface area (Å²) in [5.74, 6) is 8.47. The van der Waals surface area contributed by atoms with E-state index in [-0.39, 0.29) is 24.8 Å². The first-order chi connectivity index (χ1) is 14.3. The molecule has 0 amide bonds. The molecule has 4 bridgehead atoms. The van der Waals surface area contributed by atoms with Gasteiger partial charge in [-0.15, -0.1) is 24.8 Å². The van der Waals surface area contributed by atoms with E-state index < -0.39 is 0 Å². The predicted octanol–water partition coefficient (Wildman–Crippen LogP) is 6.99. The summed E-state index contributed by atoms with van der Waals surface area (Å²) in [7, 11) is 0. The van der Waals surface area contributed by atoms with Gasteiger partial charge in [-0.1, -0.05) is 38.5 Å². The minimum absolute atomic E-state index is 0. The fourth-order valence-electron chi connectivity index (χ4n) is 8.86. The van der Waals surface area contributed by atoms with Gasteiger partial charge in [0.05, 0.1) is 0 Å². The molecule has 4 heteroatoms. The van der Waals surface area contributed by atoms with E-state index in [9.17, 15) is 0 Å². The van der Waals surface area contributed by atoms with E-state index in [4.69, 9.17) is 5.73 Å². The first-order valence-corrected chi connectivity index (χ1v) is 13.7. The summed E-state index contributed by atoms with van der Waals surface area (Å²) in [6.07, 6.45) is 24.1. The van der Waals surface area contributed by atoms with Gasteiger partial charge in [0.15, 0.2) is 0 Å². The van der Waals surface area contributed by atoms with Gasteiger partial charge in [-0.3, -0.25) is 0 Å². The Kier molecular flexibility index (Phi) is 10.3. The molecule has 6 unspecified atom stereocenters. The molecular formula is C27H50Cl2N2. The zero-order valence-electron chi connectivity index (χ0n) is 19.8. The van der Waals surface area contributed by atoms with Crippen molar-refractivity contribution in [2.75, 3.05) is 13.1 Å². The van der Waals surface area contributed by atoms with Crippen molar-refractivity contribution in [3.8, 4) is 0 Å². The Hall–Kier alpha value is 0.500. The Bertz CT molecular complexity index is 491. The van der Waals surface area contributed by atoms with Crippen LogP contribution < -0.4 is 11.1 Å². The molecular weight excluding hydrogens is 423 g/mol. The van der Waals surface area contributed by atoms with Crippen LogP contribution in [0.15, 0.2) is 0 Å². The number of nitrogens with two attached hydrogens (primary N) is 1. The molecule has 0 aliphatic heterocycles. The molecule has 0 radical (unpaired) electrons. The van der Waals surface area contributed by atoms with Crippen LogP contribution in [0, 0.1) is 47.3 Å². The van der Waals surface area contributed by atoms with Gasteiger partial charge >= 0.3 is 0 Å². The molecule has 5 fully saturated rings. The zero-order valence-corrected chi connectivity index (χ0v) is 21.5. The second-order valence-electron chi connectivity index (χ2n) is 12.2. The number of nitrogens with one attached hydrogen (secondary N) is 1. The monoisotopic (exact) mass is 472 g/mol. The van der Waals surface area contributed by atoms with Crippen molar-refractivity contribution in [1.29, 1.82) is 0 Å². The van der Waals surface area contributed by atoms with E-state index in [0.29, 0.717) is 0 Å². The average molecular weight is 474 g/mol. The number of hydrogen-bond donors (Lipinski definition) is 2. The molecule has 0 aromatic heterocycles. The highest BCUT2D eigenvalue weighted by molar-refractivity contribution is 5.85. The summed E-state index contributed by atoms with van der Waals surface area (Å²) < 4.78 is 0. The quantitative estimate of drug-likeness (QED) is 0.359. The van der Waals surface area contributed by atoms with Gasteiger partial charge in [0.25, 0.3) is 0 Å². The normalized spacial score (nSPS) is 41.7. The Balaban J connectivity index is 0.00000136. The summed E-state index contributed by atoms with van der Waals surface area (Å²) in [6, 6.07) is 0.831. The van der Waals surface area contributed by atoms with Gasteiger partial charge in [0, 0.05) is 6.04 Å². The standard InChI is InChI=1S/C27H48N2.2ClH/c28-11-9-19-1-3-20(4-2-19)10-12-29-27(17-25-15-21-5-7-23(25)13-21)18-26-16-22-6-8-24(26)14-22;;/h19-27,29H,1-18,28H2;2*1H. The van der Waals surface area contributed by atoms with Crippen LogP contribution >= 0.6 is 24.8 Å². The van der Waals surface area contributed by atoms with Crippen LogP contribution in [0.4, 0.5) is 0 Å². The molecule has 5 aliphatic rings. The molecule has 2 nitrogen and oxygen atoms in total. The van der Waals surface area contributed by atoms with Gasteiger partial charge in [0.1, 0.15) is 0 Å². The summed E-state index contributed by atoms with van der Waals surface area (Å²) in [5.41, 5.74) is 5.78. The van der Waals surface area contributed by atoms with Crippen LogP contribution in [0.25, 0.3) is 0 Å². The van der Waals surface area contributed by atoms with E-state index in [0.717, 1.165) is 59.9 Å². The van der Waals surface area contributed by atoms with Crippen LogP contribution in [-0.2, 0) is 0 Å². The van der Waals surface area contributed by atoms with Crippen LogP contribution in [0.3, 0.4) is 0 Å². The van der Waals surface area contributed by atoms with Crippen molar-refractivity contribution in [3.05, 3.63) is 0 Å². The molecule has 5 aliphatic carbocycles. The highest BCUT2D eigenvalue weighted by Crippen LogP contribution is 2.52. The molecule has 5 saturated carbocycles. The summed E-state index contributed by atoms with van der Waals surface area (Å²) in [6.45, 7) is 2.18. The number of hydrogen-bond acceptors (Lipinski definition) is 2. The first-order valence-electron chi connectivity index (χ1n) is 13.7. The Labute approximate surface area is 204 Å². The van der Waals surface area contributed by atoms with Gasteiger partial charge in [-0.2, -0.15) is 0 Å². The smallest absolute Gasteiger partial charge is 0.00725 e. The highest BCUT2D eigenvalue weighted by Gasteiger charge is 2.43. The van der Waals surface area contributed by atoms with Crippen LogP contribution in [-0.4, -0.2) is 19.1 Å². The third kappa shape index (κ3) is 6.55. The Morgan fingerprint density at radius 1 is 0.645 bits per heavy atom. The van der Waals surface area contributed by atoms with Crippen LogP contribution in [0.1, 0.15) is 103 Å². The van der Waals surface area contributed by atoms with Gasteiger partial charge in [-0.05, 0) is 125 Å². The van der Waals surface area contributed by atoms with Crippen molar-refractivity contribution < 1.29 is 0 Å². The van der Waals surface area contributed by atoms with Crippen molar-refractivity contribution in [3.63, 3.8) is 0 Å². The van der Waals surface area contributed by atoms with E-state index in [1.54, 1.807) is 51.4 Å². The van der Waals surface area contributed by atoms with Gasteiger partial charge in [0.2, 0.25) is 0 Å². The molecule has 31 heavy (non-hydrogen) atoms. The molecule has 0 aromatic carbocycles. The summed E-state index contributed by atoms with van der Waals surface area (Å²) >= 11 is 0. The lowest BCUT2D eigenvalue weighted by atomic mass is 9.78. The van der Waals surface area contributed by atoms with Crippen molar-refractivity contribution in [2.45, 2.75) is 109 Å². The molecule has 0 spiro atoms. The minimum Gasteiger partial charge on any atom is -0.330 e. The first kappa shape index (κ1) is 26.1. The molecule has 0 aromatic rings. The Morgan fingerprint density at radius 3 is 1.58 bits per heavy atom. The van der Waals surface area contributed by atoms with Gasteiger partial charge in [-0.25, -0.2) is 0 Å². The van der Waals surface area contributed by atoms with Gasteiger partial charge < -0.3 is 11.1 Å². The van der Waals surface area contributed by atoms with Crippen LogP contribution in [0.5, 0.6) is 0 Å². The van der Waals surface area contributed by atoms with Crippen molar-refractivity contribution in [2.24, 2.45) is 53.1 Å². The second kappa shape index (κ2) is 12.3. The lowest BCUT2D eigenvalue weighted by Crippen LogP contribution is -2.36. The number of fused-ring (bicyclic) bond motifs is 4. The second-order valence-corrected chi connectivity index (χ2v) is 12.2. The van der Waals surface area contributed by atoms with E-state index >= 15 is 0 Å². The molecule has 0 heterocycles. The molecule has 5 rings (SSSR count). The van der Waals surface area contributed by atoms with Crippen LogP contribution in [0.2, 0.25) is 0 Å². The highest BCUT2D eigenvalue weighted by atomic mass is 35.5. The minimum atomic E-state index is 0. The SMILES string of the molecule is Cl.Cl.NCCC1CCC(CCNC(CC2CC3CCC2C3)CC2CC3CCC2C3)CC1.